The molecule has 1 amide bonds. The number of rotatable bonds is 8. The Morgan fingerprint density at radius 1 is 1.24 bits per heavy atom. The number of amides is 1. The van der Waals surface area contributed by atoms with Gasteiger partial charge in [0.1, 0.15) is 17.4 Å². The van der Waals surface area contributed by atoms with Crippen molar-refractivity contribution in [2.75, 3.05) is 56.0 Å². The molecule has 0 bridgehead atoms. The summed E-state index contributed by atoms with van der Waals surface area (Å²) in [6, 6.07) is 4.54. The molecule has 33 heavy (non-hydrogen) atoms. The number of primary amides is 1. The second-order valence-electron chi connectivity index (χ2n) is 7.63. The van der Waals surface area contributed by atoms with Gasteiger partial charge in [-0.2, -0.15) is 14.9 Å². The zero-order valence-corrected chi connectivity index (χ0v) is 18.5. The number of benzene rings is 1. The molecule has 1 aromatic carbocycles. The van der Waals surface area contributed by atoms with Crippen LogP contribution < -0.4 is 26.1 Å². The van der Waals surface area contributed by atoms with Gasteiger partial charge < -0.3 is 26.0 Å². The maximum Gasteiger partial charge on any atom is 0.254 e. The van der Waals surface area contributed by atoms with E-state index in [-0.39, 0.29) is 23.9 Å². The van der Waals surface area contributed by atoms with Gasteiger partial charge in [-0.25, -0.2) is 9.37 Å². The number of likely N-dealkylation sites (N-methyl/N-ethyl adjacent to an activating group) is 1. The van der Waals surface area contributed by atoms with Gasteiger partial charge in [0, 0.05) is 44.5 Å². The number of aromatic nitrogens is 4. The smallest absolute Gasteiger partial charge is 0.254 e. The normalized spacial score (nSPS) is 14.2. The maximum absolute atomic E-state index is 14.3. The van der Waals surface area contributed by atoms with Crippen molar-refractivity contribution in [2.24, 2.45) is 5.73 Å². The van der Waals surface area contributed by atoms with E-state index in [0.717, 1.165) is 26.2 Å². The molecule has 0 spiro atoms. The van der Waals surface area contributed by atoms with Crippen LogP contribution in [0.25, 0.3) is 0 Å². The molecule has 4 N–H and O–H groups in total. The zero-order chi connectivity index (χ0) is 23.4. The van der Waals surface area contributed by atoms with Crippen molar-refractivity contribution in [3.05, 3.63) is 53.7 Å². The summed E-state index contributed by atoms with van der Waals surface area (Å²) in [5, 5.41) is 12.6. The molecule has 1 aliphatic rings. The van der Waals surface area contributed by atoms with Crippen molar-refractivity contribution in [3.63, 3.8) is 0 Å². The van der Waals surface area contributed by atoms with Gasteiger partial charge in [-0.3, -0.25) is 9.80 Å². The van der Waals surface area contributed by atoms with Gasteiger partial charge in [0.05, 0.1) is 30.8 Å². The van der Waals surface area contributed by atoms with Crippen LogP contribution in [0.2, 0.25) is 0 Å². The number of nitrogens with two attached hydrogens (primary N) is 1. The number of methoxy groups -OCH3 is 1. The van der Waals surface area contributed by atoms with E-state index in [4.69, 9.17) is 10.5 Å². The highest BCUT2D eigenvalue weighted by Crippen LogP contribution is 2.24. The molecule has 2 aromatic heterocycles. The quantitative estimate of drug-likeness (QED) is 0.459. The minimum Gasteiger partial charge on any atom is -0.496 e. The number of nitrogens with one attached hydrogen (secondary N) is 2. The molecular formula is C21H26FN9O2. The average Bonchev–Trinajstić information content (AvgIpc) is 3.27. The van der Waals surface area contributed by atoms with Crippen LogP contribution in [0, 0.1) is 5.82 Å². The van der Waals surface area contributed by atoms with Crippen LogP contribution in [0.15, 0.2) is 36.8 Å². The number of ether oxygens (including phenoxy) is 1. The van der Waals surface area contributed by atoms with Crippen molar-refractivity contribution in [3.8, 4) is 5.75 Å². The number of hydrogen-bond acceptors (Lipinski definition) is 9. The van der Waals surface area contributed by atoms with Gasteiger partial charge in [0.15, 0.2) is 0 Å². The minimum absolute atomic E-state index is 0.0356. The highest BCUT2D eigenvalue weighted by atomic mass is 19.1. The Hall–Kier alpha value is -3.93. The van der Waals surface area contributed by atoms with Gasteiger partial charge in [-0.05, 0) is 19.2 Å². The Labute approximate surface area is 190 Å². The molecule has 0 saturated carbocycles. The largest absolute Gasteiger partial charge is 0.496 e. The molecule has 0 unspecified atom stereocenters. The number of anilines is 3. The van der Waals surface area contributed by atoms with E-state index in [0.29, 0.717) is 17.0 Å². The summed E-state index contributed by atoms with van der Waals surface area (Å²) in [5.41, 5.74) is 6.54. The summed E-state index contributed by atoms with van der Waals surface area (Å²) >= 11 is 0. The van der Waals surface area contributed by atoms with Crippen LogP contribution in [-0.2, 0) is 6.54 Å². The van der Waals surface area contributed by atoms with Crippen molar-refractivity contribution in [2.45, 2.75) is 6.54 Å². The molecular weight excluding hydrogens is 429 g/mol. The molecule has 1 aliphatic heterocycles. The summed E-state index contributed by atoms with van der Waals surface area (Å²) in [6.45, 7) is 3.70. The third-order valence-electron chi connectivity index (χ3n) is 5.38. The van der Waals surface area contributed by atoms with Crippen molar-refractivity contribution in [1.82, 2.24) is 24.8 Å². The van der Waals surface area contributed by atoms with Crippen molar-refractivity contribution < 1.29 is 13.9 Å². The first-order valence-corrected chi connectivity index (χ1v) is 10.4. The molecule has 1 saturated heterocycles. The number of piperazine rings is 1. The van der Waals surface area contributed by atoms with Crippen LogP contribution >= 0.6 is 0 Å². The maximum atomic E-state index is 14.3. The average molecular weight is 455 g/mol. The van der Waals surface area contributed by atoms with E-state index >= 15 is 0 Å². The zero-order valence-electron chi connectivity index (χ0n) is 18.5. The summed E-state index contributed by atoms with van der Waals surface area (Å²) in [4.78, 5) is 24.4. The third kappa shape index (κ3) is 5.12. The topological polar surface area (TPSA) is 126 Å². The first-order valence-electron chi connectivity index (χ1n) is 10.4. The standard InChI is InChI=1S/C21H26FN9O2/c1-29-6-8-30(9-7-29)31-13-14(10-26-31)27-21-25-12-16(19(23)32)20(28-21)24-11-15-17(22)4-3-5-18(15)33-2/h3-5,10,12-13H,6-9,11H2,1-2H3,(H2,23,32)(H2,24,25,27,28). The Balaban J connectivity index is 1.50. The third-order valence-corrected chi connectivity index (χ3v) is 5.38. The Morgan fingerprint density at radius 3 is 2.76 bits per heavy atom. The number of hydrogen-bond donors (Lipinski definition) is 3. The predicted octanol–water partition coefficient (Wildman–Crippen LogP) is 1.16. The fourth-order valence-corrected chi connectivity index (χ4v) is 3.49. The van der Waals surface area contributed by atoms with Gasteiger partial charge in [-0.15, -0.1) is 0 Å². The van der Waals surface area contributed by atoms with Crippen LogP contribution in [0.5, 0.6) is 5.75 Å². The predicted molar refractivity (Wildman–Crippen MR) is 122 cm³/mol. The lowest BCUT2D eigenvalue weighted by molar-refractivity contribution is 0.100. The van der Waals surface area contributed by atoms with E-state index in [9.17, 15) is 9.18 Å². The van der Waals surface area contributed by atoms with Crippen LogP contribution in [-0.4, -0.2) is 71.0 Å². The molecule has 0 aliphatic carbocycles. The molecule has 12 heteroatoms. The van der Waals surface area contributed by atoms with E-state index in [1.54, 1.807) is 23.1 Å². The monoisotopic (exact) mass is 455 g/mol. The Kier molecular flexibility index (Phi) is 6.54. The summed E-state index contributed by atoms with van der Waals surface area (Å²) in [7, 11) is 3.55. The van der Waals surface area contributed by atoms with Crippen molar-refractivity contribution in [1.29, 1.82) is 0 Å². The van der Waals surface area contributed by atoms with Gasteiger partial charge in [0.2, 0.25) is 5.95 Å². The fourth-order valence-electron chi connectivity index (χ4n) is 3.49. The molecule has 3 aromatic rings. The number of nitrogens with zero attached hydrogens (tertiary/aromatic N) is 6. The van der Waals surface area contributed by atoms with Crippen LogP contribution in [0.3, 0.4) is 0 Å². The van der Waals surface area contributed by atoms with Gasteiger partial charge in [0.25, 0.3) is 5.91 Å². The number of carbonyl (C=O) groups excluding carboxylic acids is 1. The first-order chi connectivity index (χ1) is 15.9. The Morgan fingerprint density at radius 2 is 2.03 bits per heavy atom. The van der Waals surface area contributed by atoms with Gasteiger partial charge in [-0.1, -0.05) is 6.07 Å². The summed E-state index contributed by atoms with van der Waals surface area (Å²) in [5.74, 6) is -0.344. The number of halogens is 1. The minimum atomic E-state index is -0.701. The molecule has 11 nitrogen and oxygen atoms in total. The van der Waals surface area contributed by atoms with E-state index in [2.05, 4.69) is 42.7 Å². The van der Waals surface area contributed by atoms with E-state index in [1.165, 1.54) is 19.4 Å². The van der Waals surface area contributed by atoms with Gasteiger partial charge >= 0.3 is 0 Å². The molecule has 3 heterocycles. The fraction of sp³-hybridized carbons (Fsp3) is 0.333. The van der Waals surface area contributed by atoms with Crippen LogP contribution in [0.1, 0.15) is 15.9 Å². The number of carbonyl (C=O) groups is 1. The summed E-state index contributed by atoms with van der Waals surface area (Å²) in [6.07, 6.45) is 4.83. The highest BCUT2D eigenvalue weighted by molar-refractivity contribution is 5.97. The van der Waals surface area contributed by atoms with Crippen LogP contribution in [0.4, 0.5) is 21.8 Å². The second-order valence-corrected chi connectivity index (χ2v) is 7.63. The van der Waals surface area contributed by atoms with E-state index in [1.807, 2.05) is 6.20 Å². The lowest BCUT2D eigenvalue weighted by Gasteiger charge is -2.33. The highest BCUT2D eigenvalue weighted by Gasteiger charge is 2.17. The molecule has 4 rings (SSSR count). The lowest BCUT2D eigenvalue weighted by Crippen LogP contribution is -2.49. The molecule has 0 radical (unpaired) electrons. The Bertz CT molecular complexity index is 1130. The lowest BCUT2D eigenvalue weighted by atomic mass is 10.2. The van der Waals surface area contributed by atoms with E-state index < -0.39 is 11.7 Å². The second kappa shape index (κ2) is 9.69. The first kappa shape index (κ1) is 22.3. The molecule has 1 fully saturated rings. The molecule has 174 valence electrons. The molecule has 0 atom stereocenters. The summed E-state index contributed by atoms with van der Waals surface area (Å²) < 4.78 is 19.5. The SMILES string of the molecule is COc1cccc(F)c1CNc1nc(Nc2cnn(N3CCN(C)CC3)c2)ncc1C(N)=O. The van der Waals surface area contributed by atoms with Crippen molar-refractivity contribution >= 4 is 23.4 Å².